The molecule has 0 heterocycles. The molecule has 0 spiro atoms. The zero-order valence-electron chi connectivity index (χ0n) is 8.79. The average Bonchev–Trinajstić information content (AvgIpc) is 2.18. The van der Waals surface area contributed by atoms with Gasteiger partial charge in [0.15, 0.2) is 5.78 Å². The van der Waals surface area contributed by atoms with Crippen molar-refractivity contribution in [1.82, 2.24) is 0 Å². The number of hydrogen-bond acceptors (Lipinski definition) is 1. The predicted octanol–water partition coefficient (Wildman–Crippen LogP) is 3.46. The Bertz CT molecular complexity index is 322. The Morgan fingerprint density at radius 1 is 1.29 bits per heavy atom. The number of rotatable bonds is 4. The second-order valence-corrected chi connectivity index (χ2v) is 3.39. The molecule has 14 heavy (non-hydrogen) atoms. The average molecular weight is 188 g/mol. The van der Waals surface area contributed by atoms with E-state index in [-0.39, 0.29) is 5.78 Å². The normalized spacial score (nSPS) is 11.4. The standard InChI is InChI=1S/C13H16O/c1-3-7-13(11(2)14)10-12-8-5-4-6-9-12/h4-6,8-10H,3,7H2,1-2H3/b13-10-. The summed E-state index contributed by atoms with van der Waals surface area (Å²) in [6.07, 6.45) is 3.86. The first-order valence-electron chi connectivity index (χ1n) is 5.00. The van der Waals surface area contributed by atoms with E-state index in [0.717, 1.165) is 24.0 Å². The number of Topliss-reactive ketones (excluding diaryl/α,β-unsaturated/α-hetero) is 1. The van der Waals surface area contributed by atoms with Crippen LogP contribution in [0.2, 0.25) is 0 Å². The summed E-state index contributed by atoms with van der Waals surface area (Å²) in [6, 6.07) is 9.97. The summed E-state index contributed by atoms with van der Waals surface area (Å²) in [4.78, 5) is 11.3. The molecular formula is C13H16O. The van der Waals surface area contributed by atoms with Crippen LogP contribution in [0.3, 0.4) is 0 Å². The molecule has 1 heteroatoms. The van der Waals surface area contributed by atoms with Crippen molar-refractivity contribution in [1.29, 1.82) is 0 Å². The number of carbonyl (C=O) groups excluding carboxylic acids is 1. The van der Waals surface area contributed by atoms with Crippen LogP contribution in [0.1, 0.15) is 32.3 Å². The van der Waals surface area contributed by atoms with E-state index in [0.29, 0.717) is 0 Å². The smallest absolute Gasteiger partial charge is 0.155 e. The molecule has 74 valence electrons. The van der Waals surface area contributed by atoms with Crippen molar-refractivity contribution in [2.24, 2.45) is 0 Å². The summed E-state index contributed by atoms with van der Waals surface area (Å²) in [5.74, 6) is 0.177. The Labute approximate surface area is 85.5 Å². The topological polar surface area (TPSA) is 17.1 Å². The summed E-state index contributed by atoms with van der Waals surface area (Å²) < 4.78 is 0. The molecule has 0 saturated carbocycles. The lowest BCUT2D eigenvalue weighted by molar-refractivity contribution is -0.113. The fraction of sp³-hybridized carbons (Fsp3) is 0.308. The van der Waals surface area contributed by atoms with Crippen molar-refractivity contribution in [3.63, 3.8) is 0 Å². The van der Waals surface area contributed by atoms with Gasteiger partial charge in [-0.25, -0.2) is 0 Å². The van der Waals surface area contributed by atoms with Gasteiger partial charge in [0.1, 0.15) is 0 Å². The van der Waals surface area contributed by atoms with Gasteiger partial charge in [-0.3, -0.25) is 4.79 Å². The first-order chi connectivity index (χ1) is 6.74. The van der Waals surface area contributed by atoms with Crippen LogP contribution in [0, 0.1) is 0 Å². The Hall–Kier alpha value is -1.37. The van der Waals surface area contributed by atoms with Crippen LogP contribution >= 0.6 is 0 Å². The fourth-order valence-corrected chi connectivity index (χ4v) is 1.37. The van der Waals surface area contributed by atoms with Gasteiger partial charge in [-0.1, -0.05) is 43.7 Å². The summed E-state index contributed by atoms with van der Waals surface area (Å²) in [5.41, 5.74) is 2.02. The molecule has 0 aliphatic rings. The molecule has 0 saturated heterocycles. The lowest BCUT2D eigenvalue weighted by Crippen LogP contribution is -1.95. The van der Waals surface area contributed by atoms with Crippen LogP contribution in [0.4, 0.5) is 0 Å². The molecule has 0 bridgehead atoms. The number of allylic oxidation sites excluding steroid dienone is 1. The zero-order valence-corrected chi connectivity index (χ0v) is 8.79. The Balaban J connectivity index is 2.88. The van der Waals surface area contributed by atoms with Gasteiger partial charge in [0, 0.05) is 0 Å². The van der Waals surface area contributed by atoms with E-state index in [1.807, 2.05) is 36.4 Å². The molecule has 0 amide bonds. The fourth-order valence-electron chi connectivity index (χ4n) is 1.37. The lowest BCUT2D eigenvalue weighted by atomic mass is 10.0. The monoisotopic (exact) mass is 188 g/mol. The molecule has 0 atom stereocenters. The summed E-state index contributed by atoms with van der Waals surface area (Å²) in [5, 5.41) is 0. The van der Waals surface area contributed by atoms with Crippen molar-refractivity contribution >= 4 is 11.9 Å². The van der Waals surface area contributed by atoms with E-state index in [1.54, 1.807) is 6.92 Å². The zero-order chi connectivity index (χ0) is 10.4. The third-order valence-corrected chi connectivity index (χ3v) is 2.11. The van der Waals surface area contributed by atoms with Crippen LogP contribution in [0.15, 0.2) is 35.9 Å². The number of ketones is 1. The predicted molar refractivity (Wildman–Crippen MR) is 60.0 cm³/mol. The van der Waals surface area contributed by atoms with E-state index in [2.05, 4.69) is 6.92 Å². The van der Waals surface area contributed by atoms with Crippen LogP contribution in [-0.2, 0) is 4.79 Å². The molecule has 1 aromatic rings. The summed E-state index contributed by atoms with van der Waals surface area (Å²) >= 11 is 0. The minimum Gasteiger partial charge on any atom is -0.295 e. The number of benzene rings is 1. The van der Waals surface area contributed by atoms with Gasteiger partial charge in [0.05, 0.1) is 0 Å². The Morgan fingerprint density at radius 2 is 1.93 bits per heavy atom. The summed E-state index contributed by atoms with van der Waals surface area (Å²) in [6.45, 7) is 3.71. The highest BCUT2D eigenvalue weighted by molar-refractivity contribution is 5.97. The Morgan fingerprint density at radius 3 is 2.43 bits per heavy atom. The van der Waals surface area contributed by atoms with E-state index in [9.17, 15) is 4.79 Å². The quantitative estimate of drug-likeness (QED) is 0.661. The largest absolute Gasteiger partial charge is 0.295 e. The van der Waals surface area contributed by atoms with Crippen molar-refractivity contribution in [2.75, 3.05) is 0 Å². The van der Waals surface area contributed by atoms with Crippen LogP contribution in [-0.4, -0.2) is 5.78 Å². The van der Waals surface area contributed by atoms with E-state index in [4.69, 9.17) is 0 Å². The third kappa shape index (κ3) is 3.17. The van der Waals surface area contributed by atoms with E-state index < -0.39 is 0 Å². The van der Waals surface area contributed by atoms with Gasteiger partial charge in [0.2, 0.25) is 0 Å². The minimum atomic E-state index is 0.177. The van der Waals surface area contributed by atoms with Crippen molar-refractivity contribution < 1.29 is 4.79 Å². The van der Waals surface area contributed by atoms with E-state index >= 15 is 0 Å². The maximum absolute atomic E-state index is 11.3. The highest BCUT2D eigenvalue weighted by Crippen LogP contribution is 2.12. The third-order valence-electron chi connectivity index (χ3n) is 2.11. The first-order valence-corrected chi connectivity index (χ1v) is 5.00. The number of hydrogen-bond donors (Lipinski definition) is 0. The maximum Gasteiger partial charge on any atom is 0.155 e. The minimum absolute atomic E-state index is 0.177. The molecule has 0 aliphatic carbocycles. The van der Waals surface area contributed by atoms with Crippen molar-refractivity contribution in [3.05, 3.63) is 41.5 Å². The summed E-state index contributed by atoms with van der Waals surface area (Å²) in [7, 11) is 0. The molecule has 0 aromatic heterocycles. The van der Waals surface area contributed by atoms with Gasteiger partial charge < -0.3 is 0 Å². The Kier molecular flexibility index (Phi) is 4.11. The lowest BCUT2D eigenvalue weighted by Gasteiger charge is -2.01. The second kappa shape index (κ2) is 5.38. The molecule has 0 N–H and O–H groups in total. The van der Waals surface area contributed by atoms with Crippen LogP contribution < -0.4 is 0 Å². The molecule has 0 radical (unpaired) electrons. The van der Waals surface area contributed by atoms with Gasteiger partial charge in [-0.15, -0.1) is 0 Å². The molecule has 0 unspecified atom stereocenters. The van der Waals surface area contributed by atoms with Crippen molar-refractivity contribution in [3.8, 4) is 0 Å². The highest BCUT2D eigenvalue weighted by Gasteiger charge is 2.01. The van der Waals surface area contributed by atoms with Crippen molar-refractivity contribution in [2.45, 2.75) is 26.7 Å². The highest BCUT2D eigenvalue weighted by atomic mass is 16.1. The van der Waals surface area contributed by atoms with Crippen LogP contribution in [0.25, 0.3) is 6.08 Å². The molecule has 1 aromatic carbocycles. The van der Waals surface area contributed by atoms with Gasteiger partial charge in [-0.2, -0.15) is 0 Å². The molecule has 0 aliphatic heterocycles. The van der Waals surface area contributed by atoms with Gasteiger partial charge in [0.25, 0.3) is 0 Å². The SMILES string of the molecule is CCC/C(=C/c1ccccc1)C(C)=O. The maximum atomic E-state index is 11.3. The molecular weight excluding hydrogens is 172 g/mol. The van der Waals surface area contributed by atoms with E-state index in [1.165, 1.54) is 0 Å². The van der Waals surface area contributed by atoms with Crippen LogP contribution in [0.5, 0.6) is 0 Å². The van der Waals surface area contributed by atoms with Gasteiger partial charge in [-0.05, 0) is 30.6 Å². The first kappa shape index (κ1) is 10.7. The molecule has 1 nitrogen and oxygen atoms in total. The molecule has 1 rings (SSSR count). The van der Waals surface area contributed by atoms with Gasteiger partial charge >= 0.3 is 0 Å². The second-order valence-electron chi connectivity index (χ2n) is 3.39. The molecule has 0 fully saturated rings. The number of carbonyl (C=O) groups is 1.